The largest absolute Gasteiger partial charge is 0.443 e. The molecule has 0 spiro atoms. The van der Waals surface area contributed by atoms with Crippen molar-refractivity contribution in [3.05, 3.63) is 52.0 Å². The summed E-state index contributed by atoms with van der Waals surface area (Å²) in [6, 6.07) is 7.87. The number of hydrogen-bond donors (Lipinski definition) is 1. The van der Waals surface area contributed by atoms with Crippen molar-refractivity contribution in [2.75, 3.05) is 6.54 Å². The molecule has 1 unspecified atom stereocenters. The summed E-state index contributed by atoms with van der Waals surface area (Å²) in [5.41, 5.74) is 3.48. The highest BCUT2D eigenvalue weighted by Gasteiger charge is 2.40. The van der Waals surface area contributed by atoms with Crippen LogP contribution in [0.5, 0.6) is 0 Å². The van der Waals surface area contributed by atoms with Gasteiger partial charge in [-0.05, 0) is 5.56 Å². The molecule has 0 bridgehead atoms. The molecule has 1 heterocycles. The average molecular weight is 290 g/mol. The Bertz CT molecular complexity index is 552. The van der Waals surface area contributed by atoms with Gasteiger partial charge in [-0.1, -0.05) is 30.3 Å². The van der Waals surface area contributed by atoms with Crippen LogP contribution >= 0.6 is 11.3 Å². The Morgan fingerprint density at radius 3 is 2.21 bits per heavy atom. The Morgan fingerprint density at radius 2 is 1.74 bits per heavy atom. The van der Waals surface area contributed by atoms with Crippen LogP contribution in [0.1, 0.15) is 15.4 Å². The molecule has 2 nitrogen and oxygen atoms in total. The molecule has 0 fully saturated rings. The highest BCUT2D eigenvalue weighted by Crippen LogP contribution is 2.40. The zero-order chi connectivity index (χ0) is 14.1. The predicted molar refractivity (Wildman–Crippen MR) is 64.5 cm³/mol. The van der Waals surface area contributed by atoms with Crippen LogP contribution in [0.4, 0.5) is 17.6 Å². The predicted octanol–water partition coefficient (Wildman–Crippen LogP) is 3.33. The molecule has 7 heteroatoms. The SMILES string of the molecule is NCC(F)(c1ccccc1)c1cnc(C(F)(F)F)s1. The first-order valence-corrected chi connectivity index (χ1v) is 6.17. The van der Waals surface area contributed by atoms with E-state index in [1.807, 2.05) is 0 Å². The van der Waals surface area contributed by atoms with Gasteiger partial charge in [0, 0.05) is 12.7 Å². The number of rotatable bonds is 3. The van der Waals surface area contributed by atoms with Gasteiger partial charge in [0.2, 0.25) is 0 Å². The van der Waals surface area contributed by atoms with E-state index in [0.29, 0.717) is 0 Å². The van der Waals surface area contributed by atoms with Gasteiger partial charge in [0.15, 0.2) is 10.7 Å². The molecule has 1 aromatic carbocycles. The first-order chi connectivity index (χ1) is 8.88. The minimum absolute atomic E-state index is 0.145. The van der Waals surface area contributed by atoms with Crippen LogP contribution in [-0.4, -0.2) is 11.5 Å². The van der Waals surface area contributed by atoms with Gasteiger partial charge in [-0.25, -0.2) is 9.37 Å². The van der Waals surface area contributed by atoms with Gasteiger partial charge >= 0.3 is 6.18 Å². The molecule has 2 N–H and O–H groups in total. The Hall–Kier alpha value is -1.47. The van der Waals surface area contributed by atoms with E-state index in [2.05, 4.69) is 4.98 Å². The van der Waals surface area contributed by atoms with Crippen LogP contribution in [-0.2, 0) is 11.8 Å². The lowest BCUT2D eigenvalue weighted by Gasteiger charge is -2.22. The molecule has 2 rings (SSSR count). The van der Waals surface area contributed by atoms with Crippen LogP contribution in [0.25, 0.3) is 0 Å². The molecule has 1 atom stereocenters. The van der Waals surface area contributed by atoms with Gasteiger partial charge in [-0.15, -0.1) is 11.3 Å². The van der Waals surface area contributed by atoms with E-state index < -0.39 is 23.4 Å². The standard InChI is InChI=1S/C12H10F4N2S/c13-11(7-17,8-4-2-1-3-5-8)9-6-18-10(19-9)12(14,15)16/h1-6H,7,17H2. The summed E-state index contributed by atoms with van der Waals surface area (Å²) in [7, 11) is 0. The summed E-state index contributed by atoms with van der Waals surface area (Å²) >= 11 is 0.275. The van der Waals surface area contributed by atoms with E-state index in [0.717, 1.165) is 6.20 Å². The van der Waals surface area contributed by atoms with E-state index in [4.69, 9.17) is 5.73 Å². The smallest absolute Gasteiger partial charge is 0.327 e. The molecule has 0 aliphatic carbocycles. The topological polar surface area (TPSA) is 38.9 Å². The number of nitrogens with two attached hydrogens (primary N) is 1. The number of benzene rings is 1. The fourth-order valence-corrected chi connectivity index (χ4v) is 2.55. The second kappa shape index (κ2) is 4.90. The lowest BCUT2D eigenvalue weighted by molar-refractivity contribution is -0.137. The molecular formula is C12H10F4N2S. The van der Waals surface area contributed by atoms with Crippen LogP contribution < -0.4 is 5.73 Å². The van der Waals surface area contributed by atoms with Crippen molar-refractivity contribution in [2.45, 2.75) is 11.8 Å². The molecule has 0 saturated carbocycles. The molecule has 0 aliphatic rings. The summed E-state index contributed by atoms with van der Waals surface area (Å²) in [4.78, 5) is 3.08. The Morgan fingerprint density at radius 1 is 1.11 bits per heavy atom. The van der Waals surface area contributed by atoms with Crippen LogP contribution in [0.15, 0.2) is 36.5 Å². The summed E-state index contributed by atoms with van der Waals surface area (Å²) < 4.78 is 52.3. The van der Waals surface area contributed by atoms with E-state index in [1.165, 1.54) is 12.1 Å². The number of aromatic nitrogens is 1. The summed E-state index contributed by atoms with van der Waals surface area (Å²) in [5.74, 6) is 0. The zero-order valence-corrected chi connectivity index (χ0v) is 10.4. The Balaban J connectivity index is 2.45. The van der Waals surface area contributed by atoms with Crippen LogP contribution in [0.2, 0.25) is 0 Å². The maximum atomic E-state index is 14.9. The van der Waals surface area contributed by atoms with Gasteiger partial charge in [0.25, 0.3) is 0 Å². The lowest BCUT2D eigenvalue weighted by atomic mass is 9.95. The van der Waals surface area contributed by atoms with Gasteiger partial charge in [0.05, 0.1) is 4.88 Å². The highest BCUT2D eigenvalue weighted by atomic mass is 32.1. The Kier molecular flexibility index (Phi) is 3.60. The van der Waals surface area contributed by atoms with Crippen molar-refractivity contribution in [1.29, 1.82) is 0 Å². The van der Waals surface area contributed by atoms with Gasteiger partial charge in [0.1, 0.15) is 0 Å². The number of halogens is 4. The number of thiazole rings is 1. The van der Waals surface area contributed by atoms with Gasteiger partial charge < -0.3 is 5.73 Å². The molecule has 0 saturated heterocycles. The molecule has 102 valence electrons. The van der Waals surface area contributed by atoms with E-state index in [1.54, 1.807) is 18.2 Å². The third-order valence-corrected chi connectivity index (χ3v) is 3.83. The molecule has 0 aliphatic heterocycles. The first-order valence-electron chi connectivity index (χ1n) is 5.36. The molecule has 19 heavy (non-hydrogen) atoms. The zero-order valence-electron chi connectivity index (χ0n) is 9.62. The van der Waals surface area contributed by atoms with Crippen LogP contribution in [0.3, 0.4) is 0 Å². The third-order valence-electron chi connectivity index (χ3n) is 2.65. The summed E-state index contributed by atoms with van der Waals surface area (Å²) in [6.45, 7) is -0.448. The minimum Gasteiger partial charge on any atom is -0.327 e. The van der Waals surface area contributed by atoms with Crippen molar-refractivity contribution < 1.29 is 17.6 Å². The summed E-state index contributed by atoms with van der Waals surface area (Å²) in [6.07, 6.45) is -3.68. The molecule has 2 aromatic rings. The Labute approximate surface area is 110 Å². The van der Waals surface area contributed by atoms with Crippen molar-refractivity contribution in [1.82, 2.24) is 4.98 Å². The normalized spacial score (nSPS) is 15.2. The van der Waals surface area contributed by atoms with Gasteiger partial charge in [-0.3, -0.25) is 0 Å². The lowest BCUT2D eigenvalue weighted by Crippen LogP contribution is -2.30. The summed E-state index contributed by atoms with van der Waals surface area (Å²) in [5, 5.41) is -1.08. The maximum Gasteiger partial charge on any atom is 0.443 e. The second-order valence-corrected chi connectivity index (χ2v) is 4.93. The number of hydrogen-bond acceptors (Lipinski definition) is 3. The first kappa shape index (κ1) is 14.0. The fourth-order valence-electron chi connectivity index (χ4n) is 1.65. The minimum atomic E-state index is -4.57. The third kappa shape index (κ3) is 2.62. The quantitative estimate of drug-likeness (QED) is 0.881. The van der Waals surface area contributed by atoms with E-state index in [-0.39, 0.29) is 21.8 Å². The van der Waals surface area contributed by atoms with E-state index in [9.17, 15) is 17.6 Å². The second-order valence-electron chi connectivity index (χ2n) is 3.90. The number of alkyl halides is 4. The molecule has 1 aromatic heterocycles. The highest BCUT2D eigenvalue weighted by molar-refractivity contribution is 7.11. The van der Waals surface area contributed by atoms with Crippen molar-refractivity contribution >= 4 is 11.3 Å². The molecule has 0 amide bonds. The van der Waals surface area contributed by atoms with Crippen molar-refractivity contribution in [3.63, 3.8) is 0 Å². The van der Waals surface area contributed by atoms with Crippen LogP contribution in [0, 0.1) is 0 Å². The maximum absolute atomic E-state index is 14.9. The average Bonchev–Trinajstić information content (AvgIpc) is 2.89. The van der Waals surface area contributed by atoms with E-state index >= 15 is 0 Å². The fraction of sp³-hybridized carbons (Fsp3) is 0.250. The monoisotopic (exact) mass is 290 g/mol. The van der Waals surface area contributed by atoms with Crippen molar-refractivity contribution in [2.24, 2.45) is 5.73 Å². The molecule has 0 radical (unpaired) electrons. The van der Waals surface area contributed by atoms with Gasteiger partial charge in [-0.2, -0.15) is 13.2 Å². The van der Waals surface area contributed by atoms with Crippen molar-refractivity contribution in [3.8, 4) is 0 Å². The number of nitrogens with zero attached hydrogens (tertiary/aromatic N) is 1. The molecular weight excluding hydrogens is 280 g/mol.